The van der Waals surface area contributed by atoms with Gasteiger partial charge in [0.25, 0.3) is 0 Å². The minimum Gasteiger partial charge on any atom is -0.348 e. The molecule has 1 amide bonds. The van der Waals surface area contributed by atoms with E-state index in [9.17, 15) is 18.0 Å². The van der Waals surface area contributed by atoms with Crippen LogP contribution in [0.1, 0.15) is 43.9 Å². The second-order valence-corrected chi connectivity index (χ2v) is 6.05. The fourth-order valence-corrected chi connectivity index (χ4v) is 2.58. The van der Waals surface area contributed by atoms with E-state index < -0.39 is 17.8 Å². The summed E-state index contributed by atoms with van der Waals surface area (Å²) in [5.74, 6) is -0.778. The van der Waals surface area contributed by atoms with Crippen molar-refractivity contribution in [3.63, 3.8) is 0 Å². The Labute approximate surface area is 144 Å². The number of halogens is 3. The van der Waals surface area contributed by atoms with E-state index in [-0.39, 0.29) is 18.5 Å². The maximum absolute atomic E-state index is 12.7. The molecule has 0 saturated heterocycles. The Kier molecular flexibility index (Phi) is 5.54. The van der Waals surface area contributed by atoms with Crippen LogP contribution in [-0.4, -0.2) is 25.5 Å². The van der Waals surface area contributed by atoms with Crippen molar-refractivity contribution in [3.05, 3.63) is 35.4 Å². The molecule has 2 atom stereocenters. The second-order valence-electron chi connectivity index (χ2n) is 6.05. The number of carbonyl (C=O) groups is 1. The molecular weight excluding hydrogens is 335 g/mol. The van der Waals surface area contributed by atoms with Crippen molar-refractivity contribution in [2.75, 3.05) is 0 Å². The van der Waals surface area contributed by atoms with E-state index in [0.717, 1.165) is 11.8 Å². The number of nitrogens with one attached hydrogen (secondary N) is 1. The van der Waals surface area contributed by atoms with Crippen LogP contribution in [0.25, 0.3) is 0 Å². The summed E-state index contributed by atoms with van der Waals surface area (Å²) < 4.78 is 41.1. The first kappa shape index (κ1) is 19.0. The van der Waals surface area contributed by atoms with Gasteiger partial charge in [0, 0.05) is 18.4 Å². The van der Waals surface area contributed by atoms with Gasteiger partial charge in [-0.05, 0) is 32.9 Å². The summed E-state index contributed by atoms with van der Waals surface area (Å²) in [7, 11) is 0. The van der Waals surface area contributed by atoms with Gasteiger partial charge < -0.3 is 5.32 Å². The topological polar surface area (TPSA) is 64.7 Å². The van der Waals surface area contributed by atoms with Crippen LogP contribution in [0.5, 0.6) is 0 Å². The van der Waals surface area contributed by atoms with Crippen LogP contribution >= 0.6 is 0 Å². The zero-order valence-corrected chi connectivity index (χ0v) is 14.6. The molecule has 0 spiro atoms. The molecule has 9 heteroatoms. The molecular formula is C16H22F3N5O. The summed E-state index contributed by atoms with van der Waals surface area (Å²) in [6, 6.07) is 2.56. The maximum Gasteiger partial charge on any atom is 0.435 e. The first-order chi connectivity index (χ1) is 11.6. The summed E-state index contributed by atoms with van der Waals surface area (Å²) in [5.41, 5.74) is 0.291. The van der Waals surface area contributed by atoms with Gasteiger partial charge in [-0.2, -0.15) is 23.4 Å². The minimum atomic E-state index is -4.49. The third-order valence-electron chi connectivity index (χ3n) is 4.02. The molecule has 2 heterocycles. The van der Waals surface area contributed by atoms with Crippen molar-refractivity contribution >= 4 is 5.91 Å². The molecule has 0 bridgehead atoms. The fourth-order valence-electron chi connectivity index (χ4n) is 2.58. The van der Waals surface area contributed by atoms with E-state index in [1.165, 1.54) is 11.6 Å². The molecule has 6 nitrogen and oxygen atoms in total. The van der Waals surface area contributed by atoms with Crippen LogP contribution in [0, 0.1) is 12.8 Å². The summed E-state index contributed by atoms with van der Waals surface area (Å²) in [4.78, 5) is 12.4. The summed E-state index contributed by atoms with van der Waals surface area (Å²) in [5, 5.41) is 10.6. The predicted molar refractivity (Wildman–Crippen MR) is 85.6 cm³/mol. The lowest BCUT2D eigenvalue weighted by Gasteiger charge is -2.19. The third-order valence-corrected chi connectivity index (χ3v) is 4.02. The average molecular weight is 357 g/mol. The molecule has 25 heavy (non-hydrogen) atoms. The van der Waals surface area contributed by atoms with Gasteiger partial charge in [0.15, 0.2) is 5.69 Å². The highest BCUT2D eigenvalue weighted by Crippen LogP contribution is 2.28. The zero-order chi connectivity index (χ0) is 18.8. The number of nitrogens with zero attached hydrogens (tertiary/aromatic N) is 4. The summed E-state index contributed by atoms with van der Waals surface area (Å²) >= 11 is 0. The molecule has 0 aliphatic carbocycles. The largest absolute Gasteiger partial charge is 0.435 e. The van der Waals surface area contributed by atoms with Crippen molar-refractivity contribution in [1.29, 1.82) is 0 Å². The molecule has 2 aromatic heterocycles. The molecule has 0 aliphatic rings. The number of hydrogen-bond donors (Lipinski definition) is 1. The number of aryl methyl sites for hydroxylation is 2. The smallest absolute Gasteiger partial charge is 0.348 e. The lowest BCUT2D eigenvalue weighted by atomic mass is 10.1. The number of hydrogen-bond acceptors (Lipinski definition) is 3. The van der Waals surface area contributed by atoms with Crippen LogP contribution in [0.4, 0.5) is 13.2 Å². The quantitative estimate of drug-likeness (QED) is 0.864. The molecule has 1 N–H and O–H groups in total. The Morgan fingerprint density at radius 2 is 2.00 bits per heavy atom. The highest BCUT2D eigenvalue weighted by molar-refractivity contribution is 5.78. The number of rotatable bonds is 6. The molecule has 0 radical (unpaired) electrons. The summed E-state index contributed by atoms with van der Waals surface area (Å²) in [6.07, 6.45) is -2.83. The van der Waals surface area contributed by atoms with E-state index in [1.54, 1.807) is 17.8 Å². The standard InChI is InChI=1S/C16H22F3N5O/c1-5-23-13(6-7-20-23)12(4)21-15(25)10(2)9-24-11(3)8-14(22-24)16(17,18)19/h6-8,10,12H,5,9H2,1-4H3,(H,21,25). The first-order valence-electron chi connectivity index (χ1n) is 8.07. The normalized spacial score (nSPS) is 14.4. The molecule has 0 aromatic carbocycles. The molecule has 0 saturated carbocycles. The Bertz CT molecular complexity index is 734. The van der Waals surface area contributed by atoms with Gasteiger partial charge in [-0.1, -0.05) is 6.92 Å². The lowest BCUT2D eigenvalue weighted by molar-refractivity contribution is -0.141. The van der Waals surface area contributed by atoms with Gasteiger partial charge in [-0.15, -0.1) is 0 Å². The number of aromatic nitrogens is 4. The highest BCUT2D eigenvalue weighted by atomic mass is 19.4. The van der Waals surface area contributed by atoms with Gasteiger partial charge in [0.2, 0.25) is 5.91 Å². The Balaban J connectivity index is 2.02. The average Bonchev–Trinajstić information content (AvgIpc) is 3.13. The Hall–Kier alpha value is -2.32. The molecule has 2 unspecified atom stereocenters. The van der Waals surface area contributed by atoms with E-state index in [4.69, 9.17) is 0 Å². The van der Waals surface area contributed by atoms with Crippen molar-refractivity contribution in [2.24, 2.45) is 5.92 Å². The van der Waals surface area contributed by atoms with E-state index in [0.29, 0.717) is 12.2 Å². The molecule has 138 valence electrons. The molecule has 0 fully saturated rings. The van der Waals surface area contributed by atoms with Gasteiger partial charge in [0.05, 0.1) is 24.2 Å². The van der Waals surface area contributed by atoms with Crippen LogP contribution in [0.2, 0.25) is 0 Å². The maximum atomic E-state index is 12.7. The van der Waals surface area contributed by atoms with Crippen LogP contribution in [-0.2, 0) is 24.1 Å². The van der Waals surface area contributed by atoms with Gasteiger partial charge >= 0.3 is 6.18 Å². The van der Waals surface area contributed by atoms with Crippen LogP contribution in [0.15, 0.2) is 18.3 Å². The third kappa shape index (κ3) is 4.40. The lowest BCUT2D eigenvalue weighted by Crippen LogP contribution is -2.34. The van der Waals surface area contributed by atoms with Gasteiger partial charge in [0.1, 0.15) is 0 Å². The van der Waals surface area contributed by atoms with E-state index in [2.05, 4.69) is 15.5 Å². The zero-order valence-electron chi connectivity index (χ0n) is 14.6. The van der Waals surface area contributed by atoms with E-state index >= 15 is 0 Å². The predicted octanol–water partition coefficient (Wildman–Crippen LogP) is 2.94. The Morgan fingerprint density at radius 3 is 2.56 bits per heavy atom. The molecule has 2 rings (SSSR count). The van der Waals surface area contributed by atoms with Crippen molar-refractivity contribution in [3.8, 4) is 0 Å². The number of amides is 1. The van der Waals surface area contributed by atoms with Crippen molar-refractivity contribution in [2.45, 2.75) is 53.0 Å². The Morgan fingerprint density at radius 1 is 1.32 bits per heavy atom. The summed E-state index contributed by atoms with van der Waals surface area (Å²) in [6.45, 7) is 7.75. The monoisotopic (exact) mass is 357 g/mol. The van der Waals surface area contributed by atoms with Gasteiger partial charge in [-0.25, -0.2) is 0 Å². The number of carbonyl (C=O) groups excluding carboxylic acids is 1. The van der Waals surface area contributed by atoms with Gasteiger partial charge in [-0.3, -0.25) is 14.2 Å². The van der Waals surface area contributed by atoms with Crippen molar-refractivity contribution in [1.82, 2.24) is 24.9 Å². The van der Waals surface area contributed by atoms with E-state index in [1.807, 2.05) is 19.9 Å². The first-order valence-corrected chi connectivity index (χ1v) is 8.07. The fraction of sp³-hybridized carbons (Fsp3) is 0.562. The van der Waals surface area contributed by atoms with Crippen molar-refractivity contribution < 1.29 is 18.0 Å². The van der Waals surface area contributed by atoms with Crippen LogP contribution in [0.3, 0.4) is 0 Å². The van der Waals surface area contributed by atoms with Crippen LogP contribution < -0.4 is 5.32 Å². The second kappa shape index (κ2) is 7.28. The minimum absolute atomic E-state index is 0.0769. The molecule has 0 aliphatic heterocycles. The SMILES string of the molecule is CCn1nccc1C(C)NC(=O)C(C)Cn1nc(C(F)(F)F)cc1C. The number of alkyl halides is 3. The molecule has 2 aromatic rings. The highest BCUT2D eigenvalue weighted by Gasteiger charge is 2.34.